The maximum absolute atomic E-state index is 12.2. The molecule has 0 aliphatic heterocycles. The molecule has 4 nitrogen and oxygen atoms in total. The fourth-order valence-corrected chi connectivity index (χ4v) is 2.53. The van der Waals surface area contributed by atoms with Crippen molar-refractivity contribution in [2.75, 3.05) is 13.7 Å². The van der Waals surface area contributed by atoms with Crippen LogP contribution in [-0.4, -0.2) is 31.2 Å². The lowest BCUT2D eigenvalue weighted by atomic mass is 9.78. The predicted octanol–water partition coefficient (Wildman–Crippen LogP) is 1.29. The van der Waals surface area contributed by atoms with E-state index in [0.717, 1.165) is 19.3 Å². The van der Waals surface area contributed by atoms with Gasteiger partial charge in [-0.2, -0.15) is 0 Å². The van der Waals surface area contributed by atoms with E-state index in [1.165, 1.54) is 0 Å². The number of nitrogens with one attached hydrogen (secondary N) is 1. The molecule has 1 amide bonds. The highest BCUT2D eigenvalue weighted by molar-refractivity contribution is 5.80. The number of methoxy groups -OCH3 is 1. The Morgan fingerprint density at radius 2 is 2.12 bits per heavy atom. The third-order valence-corrected chi connectivity index (χ3v) is 3.47. The molecule has 1 aliphatic carbocycles. The number of carbonyl (C=O) groups is 1. The third-order valence-electron chi connectivity index (χ3n) is 3.47. The van der Waals surface area contributed by atoms with Crippen LogP contribution in [0.2, 0.25) is 0 Å². The molecule has 3 atom stereocenters. The van der Waals surface area contributed by atoms with Crippen molar-refractivity contribution >= 4 is 5.91 Å². The van der Waals surface area contributed by atoms with Crippen molar-refractivity contribution in [3.05, 3.63) is 0 Å². The molecular weight excluding hydrogens is 216 g/mol. The highest BCUT2D eigenvalue weighted by Crippen LogP contribution is 2.28. The van der Waals surface area contributed by atoms with Gasteiger partial charge in [0.05, 0.1) is 18.1 Å². The van der Waals surface area contributed by atoms with E-state index in [9.17, 15) is 4.79 Å². The summed E-state index contributed by atoms with van der Waals surface area (Å²) < 4.78 is 5.10. The van der Waals surface area contributed by atoms with Gasteiger partial charge in [0.15, 0.2) is 0 Å². The van der Waals surface area contributed by atoms with E-state index in [-0.39, 0.29) is 23.4 Å². The van der Waals surface area contributed by atoms with Gasteiger partial charge in [0, 0.05) is 13.2 Å². The van der Waals surface area contributed by atoms with Gasteiger partial charge in [-0.25, -0.2) is 0 Å². The monoisotopic (exact) mass is 242 g/mol. The van der Waals surface area contributed by atoms with Crippen LogP contribution in [0.25, 0.3) is 0 Å². The molecule has 4 heteroatoms. The number of rotatable bonds is 4. The largest absolute Gasteiger partial charge is 0.382 e. The first-order chi connectivity index (χ1) is 7.85. The summed E-state index contributed by atoms with van der Waals surface area (Å²) in [7, 11) is 1.64. The maximum atomic E-state index is 12.2. The summed E-state index contributed by atoms with van der Waals surface area (Å²) in [5.74, 6) is 0.622. The van der Waals surface area contributed by atoms with Crippen LogP contribution >= 0.6 is 0 Å². The molecular formula is C13H26N2O2. The van der Waals surface area contributed by atoms with E-state index in [1.807, 2.05) is 13.8 Å². The van der Waals surface area contributed by atoms with Gasteiger partial charge in [0.2, 0.25) is 5.91 Å². The summed E-state index contributed by atoms with van der Waals surface area (Å²) in [6, 6.07) is 0.00421. The summed E-state index contributed by atoms with van der Waals surface area (Å²) in [4.78, 5) is 12.2. The Hall–Kier alpha value is -0.610. The van der Waals surface area contributed by atoms with Crippen LogP contribution in [0.3, 0.4) is 0 Å². The minimum absolute atomic E-state index is 0.00421. The van der Waals surface area contributed by atoms with Gasteiger partial charge < -0.3 is 15.8 Å². The standard InChI is InChI=1S/C13H26N2O2/c1-9-5-6-11(14)10(7-9)12(16)15-13(2,3)8-17-4/h9-11H,5-8,14H2,1-4H3,(H,15,16). The Labute approximate surface area is 104 Å². The molecule has 1 aliphatic rings. The lowest BCUT2D eigenvalue weighted by Gasteiger charge is -2.34. The van der Waals surface area contributed by atoms with Crippen LogP contribution in [0.4, 0.5) is 0 Å². The lowest BCUT2D eigenvalue weighted by molar-refractivity contribution is -0.129. The number of hydrogen-bond acceptors (Lipinski definition) is 3. The molecule has 0 saturated heterocycles. The predicted molar refractivity (Wildman–Crippen MR) is 68.6 cm³/mol. The second kappa shape index (κ2) is 5.83. The zero-order valence-corrected chi connectivity index (χ0v) is 11.5. The first-order valence-electron chi connectivity index (χ1n) is 6.42. The number of amides is 1. The minimum Gasteiger partial charge on any atom is -0.382 e. The van der Waals surface area contributed by atoms with Crippen molar-refractivity contribution in [3.63, 3.8) is 0 Å². The number of ether oxygens (including phenoxy) is 1. The smallest absolute Gasteiger partial charge is 0.225 e. The Morgan fingerprint density at radius 3 is 2.71 bits per heavy atom. The topological polar surface area (TPSA) is 64.3 Å². The molecule has 0 aromatic carbocycles. The van der Waals surface area contributed by atoms with Gasteiger partial charge >= 0.3 is 0 Å². The van der Waals surface area contributed by atoms with Gasteiger partial charge in [-0.05, 0) is 39.0 Å². The second-order valence-electron chi connectivity index (χ2n) is 5.99. The van der Waals surface area contributed by atoms with Gasteiger partial charge in [0.25, 0.3) is 0 Å². The average molecular weight is 242 g/mol. The summed E-state index contributed by atoms with van der Waals surface area (Å²) >= 11 is 0. The molecule has 1 rings (SSSR count). The van der Waals surface area contributed by atoms with Crippen molar-refractivity contribution in [2.45, 2.75) is 51.6 Å². The van der Waals surface area contributed by atoms with Gasteiger partial charge in [0.1, 0.15) is 0 Å². The van der Waals surface area contributed by atoms with E-state index >= 15 is 0 Å². The Bertz CT molecular complexity index is 266. The molecule has 0 radical (unpaired) electrons. The number of nitrogens with two attached hydrogens (primary N) is 1. The number of carbonyl (C=O) groups excluding carboxylic acids is 1. The molecule has 0 aromatic heterocycles. The molecule has 0 bridgehead atoms. The lowest BCUT2D eigenvalue weighted by Crippen LogP contribution is -2.53. The van der Waals surface area contributed by atoms with E-state index in [0.29, 0.717) is 12.5 Å². The summed E-state index contributed by atoms with van der Waals surface area (Å²) in [6.07, 6.45) is 2.98. The minimum atomic E-state index is -0.327. The van der Waals surface area contributed by atoms with Crippen molar-refractivity contribution in [3.8, 4) is 0 Å². The van der Waals surface area contributed by atoms with Gasteiger partial charge in [-0.1, -0.05) is 6.92 Å². The molecule has 0 heterocycles. The van der Waals surface area contributed by atoms with Crippen LogP contribution in [-0.2, 0) is 9.53 Å². The fraction of sp³-hybridized carbons (Fsp3) is 0.923. The zero-order valence-electron chi connectivity index (χ0n) is 11.5. The van der Waals surface area contributed by atoms with Crippen molar-refractivity contribution in [1.29, 1.82) is 0 Å². The summed E-state index contributed by atoms with van der Waals surface area (Å²) in [6.45, 7) is 6.63. The van der Waals surface area contributed by atoms with Crippen molar-refractivity contribution < 1.29 is 9.53 Å². The Kier molecular flexibility index (Phi) is 4.95. The molecule has 1 fully saturated rings. The first-order valence-corrected chi connectivity index (χ1v) is 6.42. The van der Waals surface area contributed by atoms with E-state index in [2.05, 4.69) is 12.2 Å². The quantitative estimate of drug-likeness (QED) is 0.781. The second-order valence-corrected chi connectivity index (χ2v) is 5.99. The molecule has 1 saturated carbocycles. The zero-order chi connectivity index (χ0) is 13.1. The molecule has 17 heavy (non-hydrogen) atoms. The van der Waals surface area contributed by atoms with E-state index < -0.39 is 0 Å². The molecule has 3 N–H and O–H groups in total. The summed E-state index contributed by atoms with van der Waals surface area (Å²) in [5.41, 5.74) is 5.72. The van der Waals surface area contributed by atoms with Crippen LogP contribution in [0.15, 0.2) is 0 Å². The normalized spacial score (nSPS) is 30.1. The first kappa shape index (κ1) is 14.5. The Balaban J connectivity index is 2.56. The Morgan fingerprint density at radius 1 is 1.47 bits per heavy atom. The average Bonchev–Trinajstić information content (AvgIpc) is 2.20. The molecule has 0 aromatic rings. The molecule has 3 unspecified atom stereocenters. The van der Waals surface area contributed by atoms with Gasteiger partial charge in [-0.3, -0.25) is 4.79 Å². The van der Waals surface area contributed by atoms with Crippen LogP contribution in [0.1, 0.15) is 40.0 Å². The third kappa shape index (κ3) is 4.28. The SMILES string of the molecule is COCC(C)(C)NC(=O)C1CC(C)CCC1N. The van der Waals surface area contributed by atoms with E-state index in [1.54, 1.807) is 7.11 Å². The van der Waals surface area contributed by atoms with Crippen LogP contribution in [0, 0.1) is 11.8 Å². The summed E-state index contributed by atoms with van der Waals surface area (Å²) in [5, 5.41) is 3.03. The van der Waals surface area contributed by atoms with Crippen LogP contribution in [0.5, 0.6) is 0 Å². The van der Waals surface area contributed by atoms with Crippen molar-refractivity contribution in [2.24, 2.45) is 17.6 Å². The van der Waals surface area contributed by atoms with Crippen LogP contribution < -0.4 is 11.1 Å². The maximum Gasteiger partial charge on any atom is 0.225 e. The molecule has 0 spiro atoms. The molecule has 100 valence electrons. The van der Waals surface area contributed by atoms with Gasteiger partial charge in [-0.15, -0.1) is 0 Å². The highest BCUT2D eigenvalue weighted by atomic mass is 16.5. The van der Waals surface area contributed by atoms with E-state index in [4.69, 9.17) is 10.5 Å². The fourth-order valence-electron chi connectivity index (χ4n) is 2.53. The van der Waals surface area contributed by atoms with Crippen molar-refractivity contribution in [1.82, 2.24) is 5.32 Å². The number of hydrogen-bond donors (Lipinski definition) is 2. The highest BCUT2D eigenvalue weighted by Gasteiger charge is 2.33.